The van der Waals surface area contributed by atoms with E-state index in [-0.39, 0.29) is 24.7 Å². The fraction of sp³-hybridized carbons (Fsp3) is 0.458. The number of aliphatic hydroxyl groups excluding tert-OH is 1. The Morgan fingerprint density at radius 2 is 1.84 bits per heavy atom. The zero-order chi connectivity index (χ0) is 21.8. The van der Waals surface area contributed by atoms with E-state index in [2.05, 4.69) is 15.5 Å². The Kier molecular flexibility index (Phi) is 6.88. The summed E-state index contributed by atoms with van der Waals surface area (Å²) in [6.45, 7) is 1.99. The number of carbonyl (C=O) groups is 1. The van der Waals surface area contributed by atoms with Crippen LogP contribution in [0.25, 0.3) is 0 Å². The van der Waals surface area contributed by atoms with E-state index >= 15 is 0 Å². The molecule has 31 heavy (non-hydrogen) atoms. The standard InChI is InChI=1S/C24H30ClN3O3/c1-26-23-11-10-21(12-22(23)25)31-20-8-4-18(5-9-20)27-24(30)17-2-6-19(7-3-17)28-13-16(14-28)15-29/h2-3,6-7,10-12,16,18,20,26,29H,4-5,8-9,13-15H2,1H3,(H,27,30). The maximum absolute atomic E-state index is 12.6. The summed E-state index contributed by atoms with van der Waals surface area (Å²) < 4.78 is 6.10. The second kappa shape index (κ2) is 9.79. The molecule has 2 aromatic rings. The van der Waals surface area contributed by atoms with Gasteiger partial charge in [-0.15, -0.1) is 0 Å². The van der Waals surface area contributed by atoms with E-state index in [0.717, 1.165) is 55.9 Å². The van der Waals surface area contributed by atoms with Crippen molar-refractivity contribution in [2.45, 2.75) is 37.8 Å². The molecule has 0 aromatic heterocycles. The van der Waals surface area contributed by atoms with Crippen LogP contribution >= 0.6 is 11.6 Å². The summed E-state index contributed by atoms with van der Waals surface area (Å²) in [7, 11) is 1.84. The van der Waals surface area contributed by atoms with Gasteiger partial charge in [-0.25, -0.2) is 0 Å². The van der Waals surface area contributed by atoms with Gasteiger partial charge in [-0.05, 0) is 62.1 Å². The molecule has 1 aliphatic heterocycles. The first-order chi connectivity index (χ1) is 15.1. The van der Waals surface area contributed by atoms with Gasteiger partial charge < -0.3 is 25.4 Å². The van der Waals surface area contributed by atoms with Crippen LogP contribution in [0.2, 0.25) is 5.02 Å². The molecule has 0 radical (unpaired) electrons. The van der Waals surface area contributed by atoms with Gasteiger partial charge in [0.25, 0.3) is 5.91 Å². The van der Waals surface area contributed by atoms with Crippen LogP contribution in [-0.2, 0) is 0 Å². The van der Waals surface area contributed by atoms with Gasteiger partial charge in [-0.1, -0.05) is 11.6 Å². The number of hydrogen-bond acceptors (Lipinski definition) is 5. The quantitative estimate of drug-likeness (QED) is 0.604. The number of benzene rings is 2. The number of anilines is 2. The number of ether oxygens (including phenoxy) is 1. The van der Waals surface area contributed by atoms with Crippen LogP contribution in [0.3, 0.4) is 0 Å². The molecule has 2 fully saturated rings. The summed E-state index contributed by atoms with van der Waals surface area (Å²) in [5.41, 5.74) is 2.66. The molecular weight excluding hydrogens is 414 g/mol. The van der Waals surface area contributed by atoms with E-state index in [1.807, 2.05) is 49.5 Å². The van der Waals surface area contributed by atoms with Crippen LogP contribution in [0.15, 0.2) is 42.5 Å². The molecule has 1 heterocycles. The van der Waals surface area contributed by atoms with E-state index in [1.54, 1.807) is 0 Å². The molecule has 0 spiro atoms. The van der Waals surface area contributed by atoms with Crippen LogP contribution in [0.1, 0.15) is 36.0 Å². The third-order valence-electron chi connectivity index (χ3n) is 6.23. The maximum atomic E-state index is 12.6. The topological polar surface area (TPSA) is 73.8 Å². The first-order valence-electron chi connectivity index (χ1n) is 11.0. The van der Waals surface area contributed by atoms with Gasteiger partial charge in [-0.2, -0.15) is 0 Å². The summed E-state index contributed by atoms with van der Waals surface area (Å²) in [5.74, 6) is 1.12. The zero-order valence-corrected chi connectivity index (χ0v) is 18.6. The highest BCUT2D eigenvalue weighted by molar-refractivity contribution is 6.33. The minimum atomic E-state index is -0.0257. The molecule has 4 rings (SSSR count). The van der Waals surface area contributed by atoms with Gasteiger partial charge >= 0.3 is 0 Å². The Morgan fingerprint density at radius 3 is 2.45 bits per heavy atom. The average Bonchev–Trinajstić information content (AvgIpc) is 2.75. The van der Waals surface area contributed by atoms with Crippen LogP contribution in [0, 0.1) is 5.92 Å². The Bertz CT molecular complexity index is 891. The van der Waals surface area contributed by atoms with Crippen LogP contribution in [-0.4, -0.2) is 49.9 Å². The number of nitrogens with zero attached hydrogens (tertiary/aromatic N) is 1. The van der Waals surface area contributed by atoms with E-state index in [1.165, 1.54) is 0 Å². The second-order valence-corrected chi connectivity index (χ2v) is 8.86. The first-order valence-corrected chi connectivity index (χ1v) is 11.3. The van der Waals surface area contributed by atoms with Crippen molar-refractivity contribution in [1.82, 2.24) is 5.32 Å². The van der Waals surface area contributed by atoms with Gasteiger partial charge in [-0.3, -0.25) is 4.79 Å². The average molecular weight is 444 g/mol. The maximum Gasteiger partial charge on any atom is 0.251 e. The third kappa shape index (κ3) is 5.25. The van der Waals surface area contributed by atoms with Crippen molar-refractivity contribution < 1.29 is 14.6 Å². The minimum absolute atomic E-state index is 0.0257. The number of aliphatic hydroxyl groups is 1. The SMILES string of the molecule is CNc1ccc(OC2CCC(NC(=O)c3ccc(N4CC(CO)C4)cc3)CC2)cc1Cl. The number of nitrogens with one attached hydrogen (secondary N) is 2. The van der Waals surface area contributed by atoms with Gasteiger partial charge in [0.2, 0.25) is 0 Å². The minimum Gasteiger partial charge on any atom is -0.490 e. The third-order valence-corrected chi connectivity index (χ3v) is 6.54. The Morgan fingerprint density at radius 1 is 1.13 bits per heavy atom. The molecule has 1 saturated carbocycles. The van der Waals surface area contributed by atoms with Crippen molar-refractivity contribution in [2.75, 3.05) is 37.0 Å². The zero-order valence-electron chi connectivity index (χ0n) is 17.8. The number of amides is 1. The highest BCUT2D eigenvalue weighted by Gasteiger charge is 2.27. The Balaban J connectivity index is 1.23. The lowest BCUT2D eigenvalue weighted by Crippen LogP contribution is -2.48. The molecule has 0 unspecified atom stereocenters. The summed E-state index contributed by atoms with van der Waals surface area (Å²) in [4.78, 5) is 14.8. The molecule has 1 aliphatic carbocycles. The molecular formula is C24H30ClN3O3. The van der Waals surface area contributed by atoms with Crippen molar-refractivity contribution in [3.8, 4) is 5.75 Å². The van der Waals surface area contributed by atoms with Crippen molar-refractivity contribution in [1.29, 1.82) is 0 Å². The molecule has 3 N–H and O–H groups in total. The molecule has 6 nitrogen and oxygen atoms in total. The summed E-state index contributed by atoms with van der Waals surface area (Å²) in [6.07, 6.45) is 3.73. The number of halogens is 1. The summed E-state index contributed by atoms with van der Waals surface area (Å²) in [6, 6.07) is 13.6. The molecule has 2 aliphatic rings. The first kappa shape index (κ1) is 21.8. The summed E-state index contributed by atoms with van der Waals surface area (Å²) >= 11 is 6.23. The molecule has 0 atom stereocenters. The second-order valence-electron chi connectivity index (χ2n) is 8.46. The molecule has 166 valence electrons. The largest absolute Gasteiger partial charge is 0.490 e. The number of rotatable bonds is 7. The smallest absolute Gasteiger partial charge is 0.251 e. The normalized spacial score (nSPS) is 21.3. The predicted octanol–water partition coefficient (Wildman–Crippen LogP) is 3.93. The van der Waals surface area contributed by atoms with E-state index < -0.39 is 0 Å². The van der Waals surface area contributed by atoms with E-state index in [4.69, 9.17) is 21.4 Å². The van der Waals surface area contributed by atoms with Gasteiger partial charge in [0.15, 0.2) is 0 Å². The van der Waals surface area contributed by atoms with Crippen molar-refractivity contribution in [3.63, 3.8) is 0 Å². The van der Waals surface area contributed by atoms with Crippen molar-refractivity contribution in [3.05, 3.63) is 53.1 Å². The lowest BCUT2D eigenvalue weighted by atomic mass is 9.92. The highest BCUT2D eigenvalue weighted by atomic mass is 35.5. The lowest BCUT2D eigenvalue weighted by molar-refractivity contribution is 0.0894. The monoisotopic (exact) mass is 443 g/mol. The van der Waals surface area contributed by atoms with E-state index in [0.29, 0.717) is 16.5 Å². The van der Waals surface area contributed by atoms with Crippen molar-refractivity contribution >= 4 is 28.9 Å². The molecule has 7 heteroatoms. The van der Waals surface area contributed by atoms with E-state index in [9.17, 15) is 4.79 Å². The van der Waals surface area contributed by atoms with Gasteiger partial charge in [0, 0.05) is 56.0 Å². The van der Waals surface area contributed by atoms with Crippen LogP contribution < -0.4 is 20.3 Å². The van der Waals surface area contributed by atoms with Crippen LogP contribution in [0.5, 0.6) is 5.75 Å². The molecule has 1 amide bonds. The predicted molar refractivity (Wildman–Crippen MR) is 124 cm³/mol. The fourth-order valence-electron chi connectivity index (χ4n) is 4.28. The van der Waals surface area contributed by atoms with Crippen LogP contribution in [0.4, 0.5) is 11.4 Å². The number of hydrogen-bond donors (Lipinski definition) is 3. The fourth-order valence-corrected chi connectivity index (χ4v) is 4.54. The Labute approximate surface area is 188 Å². The lowest BCUT2D eigenvalue weighted by Gasteiger charge is -2.40. The molecule has 1 saturated heterocycles. The van der Waals surface area contributed by atoms with Gasteiger partial charge in [0.1, 0.15) is 5.75 Å². The summed E-state index contributed by atoms with van der Waals surface area (Å²) in [5, 5.41) is 16.0. The number of carbonyl (C=O) groups excluding carboxylic acids is 1. The van der Waals surface area contributed by atoms with Gasteiger partial charge in [0.05, 0.1) is 16.8 Å². The molecule has 2 aromatic carbocycles. The molecule has 0 bridgehead atoms. The Hall–Kier alpha value is -2.44. The highest BCUT2D eigenvalue weighted by Crippen LogP contribution is 2.30. The van der Waals surface area contributed by atoms with Crippen molar-refractivity contribution in [2.24, 2.45) is 5.92 Å².